The summed E-state index contributed by atoms with van der Waals surface area (Å²) in [7, 11) is 1.28. The zero-order valence-corrected chi connectivity index (χ0v) is 13.6. The van der Waals surface area contributed by atoms with Crippen molar-refractivity contribution in [3.8, 4) is 0 Å². The molecule has 3 amide bonds. The Morgan fingerprint density at radius 1 is 1.30 bits per heavy atom. The molecular weight excluding hydrogens is 322 g/mol. The van der Waals surface area contributed by atoms with Crippen molar-refractivity contribution in [1.29, 1.82) is 0 Å². The number of nitrogens with zero attached hydrogens (tertiary/aromatic N) is 1. The van der Waals surface area contributed by atoms with Gasteiger partial charge in [-0.15, -0.1) is 0 Å². The molecule has 7 nitrogen and oxygen atoms in total. The summed E-state index contributed by atoms with van der Waals surface area (Å²) in [5.41, 5.74) is 0.958. The highest BCUT2D eigenvalue weighted by Gasteiger charge is 2.34. The van der Waals surface area contributed by atoms with Crippen molar-refractivity contribution in [3.05, 3.63) is 23.2 Å². The summed E-state index contributed by atoms with van der Waals surface area (Å²) in [6.45, 7) is 1.88. The van der Waals surface area contributed by atoms with Crippen LogP contribution in [0, 0.1) is 0 Å². The molecule has 0 unspecified atom stereocenters. The number of hydrogen-bond acceptors (Lipinski definition) is 4. The van der Waals surface area contributed by atoms with E-state index in [9.17, 15) is 14.4 Å². The smallest absolute Gasteiger partial charge is 0.410 e. The minimum Gasteiger partial charge on any atom is -0.453 e. The zero-order chi connectivity index (χ0) is 17.0. The van der Waals surface area contributed by atoms with E-state index in [0.29, 0.717) is 29.4 Å². The Kier molecular flexibility index (Phi) is 5.44. The van der Waals surface area contributed by atoms with Crippen LogP contribution in [0.5, 0.6) is 0 Å². The molecule has 0 aromatic heterocycles. The molecule has 1 aromatic carbocycles. The third-order valence-electron chi connectivity index (χ3n) is 3.51. The maximum atomic E-state index is 12.4. The Morgan fingerprint density at radius 3 is 2.65 bits per heavy atom. The van der Waals surface area contributed by atoms with Crippen LogP contribution in [0.25, 0.3) is 0 Å². The number of anilines is 2. The summed E-state index contributed by atoms with van der Waals surface area (Å²) in [6.07, 6.45) is 0.792. The first-order valence-corrected chi connectivity index (χ1v) is 7.52. The van der Waals surface area contributed by atoms with Gasteiger partial charge in [0, 0.05) is 19.2 Å². The second-order valence-electron chi connectivity index (χ2n) is 5.19. The van der Waals surface area contributed by atoms with Gasteiger partial charge in [0.2, 0.25) is 11.8 Å². The van der Waals surface area contributed by atoms with E-state index in [0.717, 1.165) is 6.42 Å². The van der Waals surface area contributed by atoms with Crippen molar-refractivity contribution in [3.63, 3.8) is 0 Å². The van der Waals surface area contributed by atoms with Crippen molar-refractivity contribution in [2.75, 3.05) is 24.3 Å². The molecule has 1 aliphatic rings. The topological polar surface area (TPSA) is 87.7 Å². The highest BCUT2D eigenvalue weighted by atomic mass is 35.5. The number of hydrogen-bond donors (Lipinski definition) is 2. The van der Waals surface area contributed by atoms with E-state index in [1.165, 1.54) is 18.9 Å². The number of nitrogens with one attached hydrogen (secondary N) is 2. The van der Waals surface area contributed by atoms with Gasteiger partial charge in [0.25, 0.3) is 0 Å². The van der Waals surface area contributed by atoms with Crippen LogP contribution in [-0.2, 0) is 14.3 Å². The molecule has 2 rings (SSSR count). The number of benzene rings is 1. The van der Waals surface area contributed by atoms with Crippen molar-refractivity contribution in [2.45, 2.75) is 25.8 Å². The van der Waals surface area contributed by atoms with Crippen LogP contribution in [-0.4, -0.2) is 42.5 Å². The number of halogens is 1. The van der Waals surface area contributed by atoms with Crippen LogP contribution in [0.2, 0.25) is 5.02 Å². The molecule has 1 fully saturated rings. The lowest BCUT2D eigenvalue weighted by Crippen LogP contribution is -2.43. The largest absolute Gasteiger partial charge is 0.453 e. The second-order valence-corrected chi connectivity index (χ2v) is 5.59. The molecule has 1 aromatic rings. The van der Waals surface area contributed by atoms with Gasteiger partial charge < -0.3 is 15.4 Å². The number of amides is 3. The lowest BCUT2D eigenvalue weighted by molar-refractivity contribution is -0.120. The summed E-state index contributed by atoms with van der Waals surface area (Å²) in [5.74, 6) is -0.528. The zero-order valence-electron chi connectivity index (χ0n) is 12.9. The van der Waals surface area contributed by atoms with Crippen LogP contribution in [0.3, 0.4) is 0 Å². The van der Waals surface area contributed by atoms with E-state index < -0.39 is 12.1 Å². The molecule has 0 saturated carbocycles. The molecule has 0 bridgehead atoms. The molecule has 0 radical (unpaired) electrons. The summed E-state index contributed by atoms with van der Waals surface area (Å²) in [4.78, 5) is 36.4. The first-order chi connectivity index (χ1) is 10.9. The normalized spacial score (nSPS) is 16.8. The van der Waals surface area contributed by atoms with Gasteiger partial charge in [0.05, 0.1) is 17.8 Å². The van der Waals surface area contributed by atoms with Crippen molar-refractivity contribution < 1.29 is 19.1 Å². The average Bonchev–Trinajstić information content (AvgIpc) is 2.98. The third-order valence-corrected chi connectivity index (χ3v) is 3.82. The molecule has 1 saturated heterocycles. The van der Waals surface area contributed by atoms with Crippen molar-refractivity contribution >= 4 is 40.9 Å². The number of ether oxygens (including phenoxy) is 1. The Labute approximate surface area is 138 Å². The number of methoxy groups -OCH3 is 1. The van der Waals surface area contributed by atoms with Crippen LogP contribution in [0.4, 0.5) is 16.2 Å². The first kappa shape index (κ1) is 17.1. The van der Waals surface area contributed by atoms with Gasteiger partial charge >= 0.3 is 6.09 Å². The summed E-state index contributed by atoms with van der Waals surface area (Å²) in [6, 6.07) is 4.21. The minimum absolute atomic E-state index is 0.211. The predicted octanol–water partition coefficient (Wildman–Crippen LogP) is 2.47. The fraction of sp³-hybridized carbons (Fsp3) is 0.400. The summed E-state index contributed by atoms with van der Waals surface area (Å²) in [5, 5.41) is 5.61. The van der Waals surface area contributed by atoms with Gasteiger partial charge in [-0.3, -0.25) is 14.5 Å². The molecule has 2 N–H and O–H groups in total. The molecule has 1 atom stereocenters. The van der Waals surface area contributed by atoms with Crippen molar-refractivity contribution in [2.24, 2.45) is 0 Å². The van der Waals surface area contributed by atoms with Gasteiger partial charge in [-0.2, -0.15) is 0 Å². The Balaban J connectivity index is 2.08. The average molecular weight is 340 g/mol. The number of rotatable bonds is 3. The van der Waals surface area contributed by atoms with Gasteiger partial charge in [-0.1, -0.05) is 11.6 Å². The lowest BCUT2D eigenvalue weighted by atomic mass is 10.2. The number of carbonyl (C=O) groups excluding carboxylic acids is 3. The maximum Gasteiger partial charge on any atom is 0.410 e. The lowest BCUT2D eigenvalue weighted by Gasteiger charge is -2.22. The van der Waals surface area contributed by atoms with Gasteiger partial charge in [-0.25, -0.2) is 4.79 Å². The van der Waals surface area contributed by atoms with Crippen LogP contribution in [0.15, 0.2) is 18.2 Å². The Morgan fingerprint density at radius 2 is 2.04 bits per heavy atom. The van der Waals surface area contributed by atoms with Gasteiger partial charge in [-0.05, 0) is 31.0 Å². The molecule has 0 aliphatic carbocycles. The highest BCUT2D eigenvalue weighted by Crippen LogP contribution is 2.27. The molecular formula is C15H18ClN3O4. The standard InChI is InChI=1S/C15H18ClN3O4/c1-9(20)17-10-5-6-12(11(16)8-10)18-14(21)13-4-3-7-19(13)15(22)23-2/h5-6,8,13H,3-4,7H2,1-2H3,(H,17,20)(H,18,21)/t13-/m0/s1. The van der Waals surface area contributed by atoms with Gasteiger partial charge in [0.15, 0.2) is 0 Å². The fourth-order valence-electron chi connectivity index (χ4n) is 2.49. The number of carbonyl (C=O) groups is 3. The molecule has 1 heterocycles. The third kappa shape index (κ3) is 4.13. The van der Waals surface area contributed by atoms with Crippen LogP contribution >= 0.6 is 11.6 Å². The van der Waals surface area contributed by atoms with Crippen LogP contribution < -0.4 is 10.6 Å². The van der Waals surface area contributed by atoms with E-state index >= 15 is 0 Å². The van der Waals surface area contributed by atoms with E-state index in [2.05, 4.69) is 15.4 Å². The highest BCUT2D eigenvalue weighted by molar-refractivity contribution is 6.34. The van der Waals surface area contributed by atoms with Gasteiger partial charge in [0.1, 0.15) is 6.04 Å². The molecule has 124 valence electrons. The fourth-order valence-corrected chi connectivity index (χ4v) is 2.72. The second kappa shape index (κ2) is 7.32. The predicted molar refractivity (Wildman–Crippen MR) is 86.5 cm³/mol. The Hall–Kier alpha value is -2.28. The van der Waals surface area contributed by atoms with Crippen LogP contribution in [0.1, 0.15) is 19.8 Å². The van der Waals surface area contributed by atoms with E-state index in [1.807, 2.05) is 0 Å². The van der Waals surface area contributed by atoms with Crippen molar-refractivity contribution in [1.82, 2.24) is 4.90 Å². The first-order valence-electron chi connectivity index (χ1n) is 7.15. The van der Waals surface area contributed by atoms with E-state index in [-0.39, 0.29) is 11.8 Å². The summed E-state index contributed by atoms with van der Waals surface area (Å²) < 4.78 is 4.68. The molecule has 0 spiro atoms. The van der Waals surface area contributed by atoms with E-state index in [4.69, 9.17) is 11.6 Å². The maximum absolute atomic E-state index is 12.4. The quantitative estimate of drug-likeness (QED) is 0.885. The SMILES string of the molecule is COC(=O)N1CCC[C@H]1C(=O)Nc1ccc(NC(C)=O)cc1Cl. The molecule has 23 heavy (non-hydrogen) atoms. The minimum atomic E-state index is -0.575. The summed E-state index contributed by atoms with van der Waals surface area (Å²) >= 11 is 6.12. The monoisotopic (exact) mass is 339 g/mol. The Bertz CT molecular complexity index is 635. The van der Waals surface area contributed by atoms with E-state index in [1.54, 1.807) is 18.2 Å². The molecule has 8 heteroatoms. The molecule has 1 aliphatic heterocycles. The number of likely N-dealkylation sites (tertiary alicyclic amines) is 1.